The van der Waals surface area contributed by atoms with E-state index in [0.717, 1.165) is 35.4 Å². The topological polar surface area (TPSA) is 84.7 Å². The van der Waals surface area contributed by atoms with E-state index in [4.69, 9.17) is 0 Å². The Labute approximate surface area is 163 Å². The van der Waals surface area contributed by atoms with Crippen molar-refractivity contribution in [1.82, 2.24) is 25.1 Å². The average Bonchev–Trinajstić information content (AvgIpc) is 3.10. The van der Waals surface area contributed by atoms with Crippen molar-refractivity contribution in [1.29, 1.82) is 0 Å². The SMILES string of the molecule is CCCNc1nc(SC)nc2c1cnn2CCNC(=O)Cc1ccccc1. The number of carbonyl (C=O) groups excluding carboxylic acids is 1. The third-order valence-electron chi connectivity index (χ3n) is 4.05. The summed E-state index contributed by atoms with van der Waals surface area (Å²) in [7, 11) is 0. The standard InChI is InChI=1S/C19H24N6OS/c1-3-9-21-17-15-13-22-25(18(15)24-19(23-17)27-2)11-10-20-16(26)12-14-7-5-4-6-8-14/h4-8,13H,3,9-12H2,1-2H3,(H,20,26)(H,21,23,24). The predicted molar refractivity (Wildman–Crippen MR) is 109 cm³/mol. The summed E-state index contributed by atoms with van der Waals surface area (Å²) < 4.78 is 1.82. The van der Waals surface area contributed by atoms with Crippen LogP contribution in [0.1, 0.15) is 18.9 Å². The molecule has 1 amide bonds. The van der Waals surface area contributed by atoms with E-state index in [9.17, 15) is 4.79 Å². The molecule has 8 heteroatoms. The number of nitrogens with zero attached hydrogens (tertiary/aromatic N) is 4. The second kappa shape index (κ2) is 9.36. The van der Waals surface area contributed by atoms with Gasteiger partial charge in [0.25, 0.3) is 0 Å². The minimum atomic E-state index is 0.00221. The molecule has 0 saturated carbocycles. The molecule has 0 bridgehead atoms. The van der Waals surface area contributed by atoms with Crippen molar-refractivity contribution >= 4 is 34.5 Å². The van der Waals surface area contributed by atoms with E-state index in [2.05, 4.69) is 32.6 Å². The molecule has 1 aromatic carbocycles. The minimum Gasteiger partial charge on any atom is -0.369 e. The second-order valence-electron chi connectivity index (χ2n) is 6.10. The van der Waals surface area contributed by atoms with Crippen LogP contribution in [0.2, 0.25) is 0 Å². The molecule has 27 heavy (non-hydrogen) atoms. The van der Waals surface area contributed by atoms with Gasteiger partial charge in [-0.25, -0.2) is 14.6 Å². The maximum atomic E-state index is 12.1. The summed E-state index contributed by atoms with van der Waals surface area (Å²) in [5.41, 5.74) is 1.79. The largest absolute Gasteiger partial charge is 0.369 e. The molecule has 0 radical (unpaired) electrons. The molecule has 3 rings (SSSR count). The zero-order chi connectivity index (χ0) is 19.1. The van der Waals surface area contributed by atoms with E-state index in [0.29, 0.717) is 24.7 Å². The Balaban J connectivity index is 1.65. The Morgan fingerprint density at radius 2 is 2.00 bits per heavy atom. The lowest BCUT2D eigenvalue weighted by molar-refractivity contribution is -0.120. The lowest BCUT2D eigenvalue weighted by atomic mass is 10.1. The Hall–Kier alpha value is -2.61. The molecule has 2 heterocycles. The summed E-state index contributed by atoms with van der Waals surface area (Å²) in [6, 6.07) is 9.72. The number of anilines is 1. The van der Waals surface area contributed by atoms with E-state index in [-0.39, 0.29) is 5.91 Å². The van der Waals surface area contributed by atoms with Gasteiger partial charge in [0.05, 0.1) is 24.5 Å². The fourth-order valence-electron chi connectivity index (χ4n) is 2.71. The van der Waals surface area contributed by atoms with Crippen LogP contribution in [0.25, 0.3) is 11.0 Å². The molecule has 0 aliphatic carbocycles. The van der Waals surface area contributed by atoms with Gasteiger partial charge in [-0.1, -0.05) is 49.0 Å². The van der Waals surface area contributed by atoms with E-state index in [1.165, 1.54) is 11.8 Å². The van der Waals surface area contributed by atoms with Crippen LogP contribution in [0.5, 0.6) is 0 Å². The van der Waals surface area contributed by atoms with Crippen molar-refractivity contribution in [3.8, 4) is 0 Å². The lowest BCUT2D eigenvalue weighted by Gasteiger charge is -2.09. The van der Waals surface area contributed by atoms with Crippen molar-refractivity contribution in [2.75, 3.05) is 24.7 Å². The number of fused-ring (bicyclic) bond motifs is 1. The maximum absolute atomic E-state index is 12.1. The molecule has 0 aliphatic rings. The summed E-state index contributed by atoms with van der Waals surface area (Å²) in [5, 5.41) is 12.3. The Morgan fingerprint density at radius 3 is 2.74 bits per heavy atom. The monoisotopic (exact) mass is 384 g/mol. The first-order valence-corrected chi connectivity index (χ1v) is 10.3. The predicted octanol–water partition coefficient (Wildman–Crippen LogP) is 2.73. The number of nitrogens with one attached hydrogen (secondary N) is 2. The van der Waals surface area contributed by atoms with Gasteiger partial charge in [-0.3, -0.25) is 4.79 Å². The third kappa shape index (κ3) is 4.97. The number of carbonyl (C=O) groups is 1. The molecule has 2 N–H and O–H groups in total. The first-order valence-electron chi connectivity index (χ1n) is 9.03. The van der Waals surface area contributed by atoms with Gasteiger partial charge in [0.15, 0.2) is 10.8 Å². The molecule has 0 fully saturated rings. The summed E-state index contributed by atoms with van der Waals surface area (Å²) in [4.78, 5) is 21.2. The molecular formula is C19H24N6OS. The molecule has 7 nitrogen and oxygen atoms in total. The smallest absolute Gasteiger partial charge is 0.224 e. The van der Waals surface area contributed by atoms with E-state index >= 15 is 0 Å². The van der Waals surface area contributed by atoms with Crippen molar-refractivity contribution in [2.24, 2.45) is 0 Å². The van der Waals surface area contributed by atoms with Crippen LogP contribution >= 0.6 is 11.8 Å². The lowest BCUT2D eigenvalue weighted by Crippen LogP contribution is -2.28. The zero-order valence-corrected chi connectivity index (χ0v) is 16.4. The molecule has 2 aromatic heterocycles. The number of hydrogen-bond acceptors (Lipinski definition) is 6. The first-order chi connectivity index (χ1) is 13.2. The van der Waals surface area contributed by atoms with Gasteiger partial charge in [-0.15, -0.1) is 0 Å². The fraction of sp³-hybridized carbons (Fsp3) is 0.368. The van der Waals surface area contributed by atoms with Crippen LogP contribution in [0.3, 0.4) is 0 Å². The van der Waals surface area contributed by atoms with E-state index in [1.54, 1.807) is 6.20 Å². The van der Waals surface area contributed by atoms with Gasteiger partial charge < -0.3 is 10.6 Å². The molecule has 0 unspecified atom stereocenters. The number of amides is 1. The number of thioether (sulfide) groups is 1. The van der Waals surface area contributed by atoms with Crippen LogP contribution < -0.4 is 10.6 Å². The van der Waals surface area contributed by atoms with Crippen LogP contribution in [-0.2, 0) is 17.8 Å². The first kappa shape index (κ1) is 19.2. The molecule has 0 saturated heterocycles. The van der Waals surface area contributed by atoms with Crippen LogP contribution in [0.4, 0.5) is 5.82 Å². The van der Waals surface area contributed by atoms with Gasteiger partial charge in [-0.2, -0.15) is 5.10 Å². The number of aromatic nitrogens is 4. The van der Waals surface area contributed by atoms with Gasteiger partial charge in [0.2, 0.25) is 5.91 Å². The average molecular weight is 385 g/mol. The number of hydrogen-bond donors (Lipinski definition) is 2. The molecule has 142 valence electrons. The Bertz CT molecular complexity index is 896. The summed E-state index contributed by atoms with van der Waals surface area (Å²) in [6.45, 7) is 4.02. The third-order valence-corrected chi connectivity index (χ3v) is 4.60. The maximum Gasteiger partial charge on any atom is 0.224 e. The molecule has 0 aliphatic heterocycles. The highest BCUT2D eigenvalue weighted by atomic mass is 32.2. The van der Waals surface area contributed by atoms with E-state index < -0.39 is 0 Å². The van der Waals surface area contributed by atoms with E-state index in [1.807, 2.05) is 41.3 Å². The van der Waals surface area contributed by atoms with Crippen molar-refractivity contribution in [2.45, 2.75) is 31.5 Å². The number of benzene rings is 1. The van der Waals surface area contributed by atoms with Crippen molar-refractivity contribution in [3.05, 3.63) is 42.1 Å². The quantitative estimate of drug-likeness (QED) is 0.436. The van der Waals surface area contributed by atoms with Gasteiger partial charge in [-0.05, 0) is 18.2 Å². The summed E-state index contributed by atoms with van der Waals surface area (Å²) in [6.07, 6.45) is 5.13. The van der Waals surface area contributed by atoms with Gasteiger partial charge in [0.1, 0.15) is 5.82 Å². The highest BCUT2D eigenvalue weighted by Crippen LogP contribution is 2.23. The second-order valence-corrected chi connectivity index (χ2v) is 6.88. The highest BCUT2D eigenvalue weighted by molar-refractivity contribution is 7.98. The normalized spacial score (nSPS) is 10.9. The van der Waals surface area contributed by atoms with Crippen molar-refractivity contribution in [3.63, 3.8) is 0 Å². The molecule has 0 spiro atoms. The highest BCUT2D eigenvalue weighted by Gasteiger charge is 2.12. The molecular weight excluding hydrogens is 360 g/mol. The zero-order valence-electron chi connectivity index (χ0n) is 15.6. The number of rotatable bonds is 9. The van der Waals surface area contributed by atoms with Gasteiger partial charge in [0, 0.05) is 13.1 Å². The molecule has 3 aromatic rings. The summed E-state index contributed by atoms with van der Waals surface area (Å²) in [5.74, 6) is 0.813. The van der Waals surface area contributed by atoms with Crippen LogP contribution in [0, 0.1) is 0 Å². The Morgan fingerprint density at radius 1 is 1.19 bits per heavy atom. The van der Waals surface area contributed by atoms with Crippen LogP contribution in [-0.4, -0.2) is 45.0 Å². The van der Waals surface area contributed by atoms with Gasteiger partial charge >= 0.3 is 0 Å². The van der Waals surface area contributed by atoms with Crippen molar-refractivity contribution < 1.29 is 4.79 Å². The minimum absolute atomic E-state index is 0.00221. The van der Waals surface area contributed by atoms with Crippen LogP contribution in [0.15, 0.2) is 41.7 Å². The summed E-state index contributed by atoms with van der Waals surface area (Å²) >= 11 is 1.50. The molecule has 0 atom stereocenters. The fourth-order valence-corrected chi connectivity index (χ4v) is 3.07. The Kier molecular flexibility index (Phi) is 6.64.